The SMILES string of the molecule is O=C(CCC(=O)N[C@H](c1cccnc1)C(F)(F)F)NC1CCCC1. The molecular weight excluding hydrogens is 323 g/mol. The highest BCUT2D eigenvalue weighted by Crippen LogP contribution is 2.32. The molecule has 132 valence electrons. The van der Waals surface area contributed by atoms with Gasteiger partial charge in [0.15, 0.2) is 6.04 Å². The minimum atomic E-state index is -4.63. The fraction of sp³-hybridized carbons (Fsp3) is 0.562. The highest BCUT2D eigenvalue weighted by molar-refractivity contribution is 5.84. The van der Waals surface area contributed by atoms with Gasteiger partial charge in [0.2, 0.25) is 11.8 Å². The standard InChI is InChI=1S/C16H20F3N3O2/c17-16(18,19)15(11-4-3-9-20-10-11)22-14(24)8-7-13(23)21-12-5-1-2-6-12/h3-4,9-10,12,15H,1-2,5-8H2,(H,21,23)(H,22,24)/t15-/m1/s1. The average molecular weight is 343 g/mol. The van der Waals surface area contributed by atoms with E-state index in [0.29, 0.717) is 0 Å². The molecule has 0 spiro atoms. The first-order valence-electron chi connectivity index (χ1n) is 7.91. The van der Waals surface area contributed by atoms with Crippen LogP contribution >= 0.6 is 0 Å². The van der Waals surface area contributed by atoms with Crippen LogP contribution < -0.4 is 10.6 Å². The molecule has 2 rings (SSSR count). The van der Waals surface area contributed by atoms with Crippen LogP contribution in [-0.4, -0.2) is 29.0 Å². The molecule has 0 unspecified atom stereocenters. The van der Waals surface area contributed by atoms with Gasteiger partial charge in [0, 0.05) is 36.8 Å². The van der Waals surface area contributed by atoms with E-state index in [1.165, 1.54) is 18.3 Å². The highest BCUT2D eigenvalue weighted by Gasteiger charge is 2.42. The van der Waals surface area contributed by atoms with Crippen molar-refractivity contribution < 1.29 is 22.8 Å². The Balaban J connectivity index is 1.85. The molecule has 1 aliphatic rings. The second kappa shape index (κ2) is 8.12. The van der Waals surface area contributed by atoms with Crippen molar-refractivity contribution in [2.75, 3.05) is 0 Å². The predicted molar refractivity (Wildman–Crippen MR) is 80.8 cm³/mol. The molecule has 0 aromatic carbocycles. The molecule has 0 saturated heterocycles. The van der Waals surface area contributed by atoms with Crippen molar-refractivity contribution in [3.63, 3.8) is 0 Å². The Labute approximate surface area is 138 Å². The lowest BCUT2D eigenvalue weighted by atomic mass is 10.1. The Morgan fingerprint density at radius 1 is 1.21 bits per heavy atom. The first-order chi connectivity index (χ1) is 11.4. The number of nitrogens with zero attached hydrogens (tertiary/aromatic N) is 1. The minimum absolute atomic E-state index is 0.124. The van der Waals surface area contributed by atoms with Crippen molar-refractivity contribution >= 4 is 11.8 Å². The molecule has 1 atom stereocenters. The Morgan fingerprint density at radius 3 is 2.46 bits per heavy atom. The van der Waals surface area contributed by atoms with Gasteiger partial charge in [0.05, 0.1) is 0 Å². The van der Waals surface area contributed by atoms with E-state index in [9.17, 15) is 22.8 Å². The number of nitrogens with one attached hydrogen (secondary N) is 2. The molecule has 2 N–H and O–H groups in total. The lowest BCUT2D eigenvalue weighted by Gasteiger charge is -2.21. The second-order valence-corrected chi connectivity index (χ2v) is 5.88. The zero-order valence-electron chi connectivity index (χ0n) is 13.1. The fourth-order valence-electron chi connectivity index (χ4n) is 2.73. The topological polar surface area (TPSA) is 71.1 Å². The number of carbonyl (C=O) groups is 2. The van der Waals surface area contributed by atoms with Gasteiger partial charge in [0.1, 0.15) is 0 Å². The largest absolute Gasteiger partial charge is 0.412 e. The van der Waals surface area contributed by atoms with Gasteiger partial charge in [-0.05, 0) is 18.9 Å². The molecular formula is C16H20F3N3O2. The number of pyridine rings is 1. The average Bonchev–Trinajstić information content (AvgIpc) is 3.03. The Kier molecular flexibility index (Phi) is 6.16. The van der Waals surface area contributed by atoms with Crippen LogP contribution in [0.3, 0.4) is 0 Å². The van der Waals surface area contributed by atoms with Gasteiger partial charge in [-0.15, -0.1) is 0 Å². The summed E-state index contributed by atoms with van der Waals surface area (Å²) in [6.45, 7) is 0. The summed E-state index contributed by atoms with van der Waals surface area (Å²) in [5, 5.41) is 4.74. The van der Waals surface area contributed by atoms with Crippen molar-refractivity contribution in [3.8, 4) is 0 Å². The van der Waals surface area contributed by atoms with Gasteiger partial charge >= 0.3 is 6.18 Å². The summed E-state index contributed by atoms with van der Waals surface area (Å²) in [5.74, 6) is -1.12. The summed E-state index contributed by atoms with van der Waals surface area (Å²) in [4.78, 5) is 27.2. The van der Waals surface area contributed by atoms with Crippen LogP contribution in [0.25, 0.3) is 0 Å². The van der Waals surface area contributed by atoms with E-state index < -0.39 is 18.1 Å². The molecule has 0 bridgehead atoms. The lowest BCUT2D eigenvalue weighted by molar-refractivity contribution is -0.163. The van der Waals surface area contributed by atoms with E-state index in [4.69, 9.17) is 0 Å². The number of alkyl halides is 3. The number of hydrogen-bond donors (Lipinski definition) is 2. The number of halogens is 3. The van der Waals surface area contributed by atoms with E-state index in [1.807, 2.05) is 5.32 Å². The van der Waals surface area contributed by atoms with Gasteiger partial charge in [-0.25, -0.2) is 0 Å². The van der Waals surface area contributed by atoms with Gasteiger partial charge < -0.3 is 10.6 Å². The molecule has 5 nitrogen and oxygen atoms in total. The molecule has 1 fully saturated rings. The van der Waals surface area contributed by atoms with E-state index in [0.717, 1.165) is 31.9 Å². The monoisotopic (exact) mass is 343 g/mol. The molecule has 1 saturated carbocycles. The van der Waals surface area contributed by atoms with Gasteiger partial charge in [-0.2, -0.15) is 13.2 Å². The van der Waals surface area contributed by atoms with E-state index in [-0.39, 0.29) is 30.4 Å². The van der Waals surface area contributed by atoms with Crippen LogP contribution in [0.4, 0.5) is 13.2 Å². The molecule has 1 aromatic rings. The fourth-order valence-corrected chi connectivity index (χ4v) is 2.73. The van der Waals surface area contributed by atoms with Crippen molar-refractivity contribution in [3.05, 3.63) is 30.1 Å². The Hall–Kier alpha value is -2.12. The lowest BCUT2D eigenvalue weighted by Crippen LogP contribution is -2.39. The predicted octanol–water partition coefficient (Wildman–Crippen LogP) is 2.64. The zero-order chi connectivity index (χ0) is 17.6. The third kappa shape index (κ3) is 5.50. The summed E-state index contributed by atoms with van der Waals surface area (Å²) in [7, 11) is 0. The van der Waals surface area contributed by atoms with Crippen molar-refractivity contribution in [1.82, 2.24) is 15.6 Å². The highest BCUT2D eigenvalue weighted by atomic mass is 19.4. The molecule has 24 heavy (non-hydrogen) atoms. The number of rotatable bonds is 6. The van der Waals surface area contributed by atoms with Crippen LogP contribution in [0, 0.1) is 0 Å². The Morgan fingerprint density at radius 2 is 1.88 bits per heavy atom. The van der Waals surface area contributed by atoms with Crippen LogP contribution in [0.2, 0.25) is 0 Å². The van der Waals surface area contributed by atoms with Gasteiger partial charge in [-0.3, -0.25) is 14.6 Å². The number of amides is 2. The number of hydrogen-bond acceptors (Lipinski definition) is 3. The van der Waals surface area contributed by atoms with Crippen LogP contribution in [0.1, 0.15) is 50.1 Å². The first-order valence-corrected chi connectivity index (χ1v) is 7.91. The Bertz CT molecular complexity index is 557. The maximum absolute atomic E-state index is 13.1. The van der Waals surface area contributed by atoms with Crippen molar-refractivity contribution in [1.29, 1.82) is 0 Å². The first kappa shape index (κ1) is 18.2. The van der Waals surface area contributed by atoms with E-state index in [2.05, 4.69) is 10.3 Å². The third-order valence-corrected chi connectivity index (χ3v) is 3.95. The van der Waals surface area contributed by atoms with Crippen molar-refractivity contribution in [2.45, 2.75) is 56.8 Å². The second-order valence-electron chi connectivity index (χ2n) is 5.88. The molecule has 8 heteroatoms. The number of carbonyl (C=O) groups excluding carboxylic acids is 2. The summed E-state index contributed by atoms with van der Waals surface area (Å²) in [6, 6.07) is 0.614. The van der Waals surface area contributed by atoms with E-state index in [1.54, 1.807) is 0 Å². The molecule has 2 amide bonds. The van der Waals surface area contributed by atoms with Crippen LogP contribution in [0.5, 0.6) is 0 Å². The molecule has 0 radical (unpaired) electrons. The number of aromatic nitrogens is 1. The smallest absolute Gasteiger partial charge is 0.353 e. The van der Waals surface area contributed by atoms with Crippen LogP contribution in [0.15, 0.2) is 24.5 Å². The molecule has 0 aliphatic heterocycles. The van der Waals surface area contributed by atoms with E-state index >= 15 is 0 Å². The summed E-state index contributed by atoms with van der Waals surface area (Å²) in [6.07, 6.45) is 1.31. The van der Waals surface area contributed by atoms with Gasteiger partial charge in [-0.1, -0.05) is 18.9 Å². The summed E-state index contributed by atoms with van der Waals surface area (Å²) < 4.78 is 39.3. The maximum Gasteiger partial charge on any atom is 0.412 e. The normalized spacial score (nSPS) is 16.6. The zero-order valence-corrected chi connectivity index (χ0v) is 13.1. The van der Waals surface area contributed by atoms with Crippen molar-refractivity contribution in [2.24, 2.45) is 0 Å². The summed E-state index contributed by atoms with van der Waals surface area (Å²) >= 11 is 0. The molecule has 1 heterocycles. The van der Waals surface area contributed by atoms with Crippen LogP contribution in [-0.2, 0) is 9.59 Å². The summed E-state index contributed by atoms with van der Waals surface area (Å²) in [5.41, 5.74) is -0.145. The van der Waals surface area contributed by atoms with Gasteiger partial charge in [0.25, 0.3) is 0 Å². The maximum atomic E-state index is 13.1. The molecule has 1 aromatic heterocycles. The minimum Gasteiger partial charge on any atom is -0.353 e. The quantitative estimate of drug-likeness (QED) is 0.834. The molecule has 1 aliphatic carbocycles. The third-order valence-electron chi connectivity index (χ3n) is 3.95.